The molecule has 0 bridgehead atoms. The van der Waals surface area contributed by atoms with Gasteiger partial charge in [0.15, 0.2) is 12.4 Å². The molecule has 1 aromatic carbocycles. The molecule has 1 aromatic heterocycles. The molecule has 2 amide bonds. The van der Waals surface area contributed by atoms with E-state index in [0.29, 0.717) is 23.4 Å². The Morgan fingerprint density at radius 2 is 1.22 bits per heavy atom. The number of carbonyl (C=O) groups is 2. The average Bonchev–Trinajstić information content (AvgIpc) is 2.67. The van der Waals surface area contributed by atoms with Crippen LogP contribution >= 0.6 is 0 Å². The minimum absolute atomic E-state index is 0.172. The molecule has 6 nitrogen and oxygen atoms in total. The molecule has 0 spiro atoms. The number of halogens is 3. The molecule has 0 unspecified atom stereocenters. The third-order valence-corrected chi connectivity index (χ3v) is 4.36. The number of aromatic nitrogens is 1. The number of carbonyl (C=O) groups excluding carboxylic acids is 2. The predicted molar refractivity (Wildman–Crippen MR) is 88.7 cm³/mol. The van der Waals surface area contributed by atoms with Gasteiger partial charge in [0.25, 0.3) is 11.8 Å². The molecule has 0 saturated carbocycles. The highest BCUT2D eigenvalue weighted by atomic mass is 19.4. The summed E-state index contributed by atoms with van der Waals surface area (Å²) in [7, 11) is 0. The van der Waals surface area contributed by atoms with E-state index in [-0.39, 0.29) is 30.5 Å². The molecule has 0 atom stereocenters. The second-order valence-electron chi connectivity index (χ2n) is 6.11. The summed E-state index contributed by atoms with van der Waals surface area (Å²) in [4.78, 5) is 27.9. The zero-order valence-electron chi connectivity index (χ0n) is 14.1. The Labute approximate surface area is 153 Å². The van der Waals surface area contributed by atoms with Gasteiger partial charge >= 0.3 is 6.18 Å². The van der Waals surface area contributed by atoms with Crippen molar-refractivity contribution in [3.63, 3.8) is 0 Å². The van der Waals surface area contributed by atoms with Crippen LogP contribution < -0.4 is 4.73 Å². The maximum Gasteiger partial charge on any atom is 0.416 e. The van der Waals surface area contributed by atoms with E-state index >= 15 is 0 Å². The van der Waals surface area contributed by atoms with E-state index in [2.05, 4.69) is 0 Å². The van der Waals surface area contributed by atoms with Crippen molar-refractivity contribution in [2.75, 3.05) is 26.2 Å². The second-order valence-corrected chi connectivity index (χ2v) is 6.11. The van der Waals surface area contributed by atoms with E-state index in [4.69, 9.17) is 0 Å². The molecule has 2 aromatic rings. The lowest BCUT2D eigenvalue weighted by Crippen LogP contribution is -2.50. The highest BCUT2D eigenvalue weighted by molar-refractivity contribution is 5.95. The van der Waals surface area contributed by atoms with Gasteiger partial charge in [0.1, 0.15) is 0 Å². The van der Waals surface area contributed by atoms with Crippen LogP contribution in [0.1, 0.15) is 26.3 Å². The van der Waals surface area contributed by atoms with Gasteiger partial charge in [0.05, 0.1) is 11.1 Å². The van der Waals surface area contributed by atoms with Gasteiger partial charge in [-0.1, -0.05) is 0 Å². The Morgan fingerprint density at radius 1 is 0.815 bits per heavy atom. The Hall–Kier alpha value is -3.10. The van der Waals surface area contributed by atoms with Gasteiger partial charge in [0, 0.05) is 43.9 Å². The zero-order valence-corrected chi connectivity index (χ0v) is 14.1. The summed E-state index contributed by atoms with van der Waals surface area (Å²) in [5, 5.41) is 11.0. The van der Waals surface area contributed by atoms with Crippen molar-refractivity contribution in [3.05, 3.63) is 70.7 Å². The van der Waals surface area contributed by atoms with Gasteiger partial charge < -0.3 is 15.0 Å². The molecule has 0 aliphatic carbocycles. The van der Waals surface area contributed by atoms with E-state index < -0.39 is 11.7 Å². The lowest BCUT2D eigenvalue weighted by Gasteiger charge is -2.34. The van der Waals surface area contributed by atoms with Crippen molar-refractivity contribution in [1.82, 2.24) is 9.80 Å². The first kappa shape index (κ1) is 18.7. The molecule has 27 heavy (non-hydrogen) atoms. The minimum Gasteiger partial charge on any atom is -0.619 e. The fourth-order valence-electron chi connectivity index (χ4n) is 2.83. The van der Waals surface area contributed by atoms with Crippen molar-refractivity contribution in [2.45, 2.75) is 6.18 Å². The average molecular weight is 379 g/mol. The van der Waals surface area contributed by atoms with Crippen molar-refractivity contribution >= 4 is 11.8 Å². The number of piperazine rings is 1. The maximum atomic E-state index is 12.6. The molecule has 3 rings (SSSR count). The monoisotopic (exact) mass is 379 g/mol. The van der Waals surface area contributed by atoms with Crippen molar-refractivity contribution in [1.29, 1.82) is 0 Å². The Kier molecular flexibility index (Phi) is 5.02. The summed E-state index contributed by atoms with van der Waals surface area (Å²) in [5.41, 5.74) is -0.257. The largest absolute Gasteiger partial charge is 0.619 e. The van der Waals surface area contributed by atoms with Gasteiger partial charge in [-0.3, -0.25) is 9.59 Å². The summed E-state index contributed by atoms with van der Waals surface area (Å²) in [6, 6.07) is 6.93. The van der Waals surface area contributed by atoms with Crippen LogP contribution in [0.4, 0.5) is 13.2 Å². The summed E-state index contributed by atoms with van der Waals surface area (Å²) >= 11 is 0. The molecule has 0 N–H and O–H groups in total. The Bertz CT molecular complexity index is 828. The highest BCUT2D eigenvalue weighted by Crippen LogP contribution is 2.29. The molecule has 1 aliphatic heterocycles. The third-order valence-electron chi connectivity index (χ3n) is 4.36. The molecular formula is C18H16F3N3O3. The summed E-state index contributed by atoms with van der Waals surface area (Å²) in [6.45, 7) is 1.16. The minimum atomic E-state index is -4.45. The number of hydrogen-bond acceptors (Lipinski definition) is 3. The predicted octanol–water partition coefficient (Wildman–Crippen LogP) is 1.94. The highest BCUT2D eigenvalue weighted by Gasteiger charge is 2.31. The van der Waals surface area contributed by atoms with Crippen LogP contribution in [0.3, 0.4) is 0 Å². The first-order valence-corrected chi connectivity index (χ1v) is 8.20. The first-order chi connectivity index (χ1) is 12.8. The maximum absolute atomic E-state index is 12.6. The normalized spacial score (nSPS) is 14.9. The third kappa shape index (κ3) is 4.18. The summed E-state index contributed by atoms with van der Waals surface area (Å²) in [5.74, 6) is -0.611. The molecule has 1 aliphatic rings. The molecule has 9 heteroatoms. The van der Waals surface area contributed by atoms with Crippen molar-refractivity contribution in [2.24, 2.45) is 0 Å². The number of amides is 2. The van der Waals surface area contributed by atoms with Crippen LogP contribution in [0.5, 0.6) is 0 Å². The fourth-order valence-corrected chi connectivity index (χ4v) is 2.83. The number of benzene rings is 1. The van der Waals surface area contributed by atoms with Crippen LogP contribution in [-0.4, -0.2) is 47.8 Å². The fraction of sp³-hybridized carbons (Fsp3) is 0.278. The van der Waals surface area contributed by atoms with Crippen molar-refractivity contribution in [3.8, 4) is 0 Å². The number of nitrogens with zero attached hydrogens (tertiary/aromatic N) is 3. The Balaban J connectivity index is 1.60. The van der Waals surface area contributed by atoms with Crippen LogP contribution in [-0.2, 0) is 6.18 Å². The van der Waals surface area contributed by atoms with Gasteiger partial charge in [-0.25, -0.2) is 0 Å². The van der Waals surface area contributed by atoms with E-state index in [1.165, 1.54) is 29.4 Å². The van der Waals surface area contributed by atoms with Gasteiger partial charge in [0.2, 0.25) is 0 Å². The molecule has 1 saturated heterocycles. The van der Waals surface area contributed by atoms with Gasteiger partial charge in [-0.2, -0.15) is 17.9 Å². The first-order valence-electron chi connectivity index (χ1n) is 8.20. The Morgan fingerprint density at radius 3 is 1.63 bits per heavy atom. The molecule has 142 valence electrons. The summed E-state index contributed by atoms with van der Waals surface area (Å²) < 4.78 is 38.4. The number of rotatable bonds is 2. The van der Waals surface area contributed by atoms with Crippen molar-refractivity contribution < 1.29 is 27.5 Å². The van der Waals surface area contributed by atoms with E-state index in [0.717, 1.165) is 24.3 Å². The number of hydrogen-bond donors (Lipinski definition) is 0. The quantitative estimate of drug-likeness (QED) is 0.592. The smallest absolute Gasteiger partial charge is 0.416 e. The van der Waals surface area contributed by atoms with Crippen LogP contribution in [0, 0.1) is 5.21 Å². The van der Waals surface area contributed by atoms with Gasteiger partial charge in [-0.15, -0.1) is 0 Å². The van der Waals surface area contributed by atoms with E-state index in [9.17, 15) is 28.0 Å². The van der Waals surface area contributed by atoms with Crippen LogP contribution in [0.25, 0.3) is 0 Å². The number of pyridine rings is 1. The molecule has 2 heterocycles. The van der Waals surface area contributed by atoms with Crippen LogP contribution in [0.2, 0.25) is 0 Å². The second kappa shape index (κ2) is 7.26. The standard InChI is InChI=1S/C18H16F3N3O3/c19-18(20,21)15-3-1-13(2-4-15)16(25)22-9-11-23(12-10-22)17(26)14-5-7-24(27)8-6-14/h1-8H,9-12H2. The number of alkyl halides is 3. The lowest BCUT2D eigenvalue weighted by molar-refractivity contribution is -0.605. The van der Waals surface area contributed by atoms with E-state index in [1.54, 1.807) is 4.90 Å². The topological polar surface area (TPSA) is 67.6 Å². The van der Waals surface area contributed by atoms with Crippen LogP contribution in [0.15, 0.2) is 48.8 Å². The summed E-state index contributed by atoms with van der Waals surface area (Å²) in [6.07, 6.45) is -1.98. The van der Waals surface area contributed by atoms with E-state index in [1.807, 2.05) is 0 Å². The molecular weight excluding hydrogens is 363 g/mol. The molecule has 0 radical (unpaired) electrons. The molecule has 1 fully saturated rings. The lowest BCUT2D eigenvalue weighted by atomic mass is 10.1. The SMILES string of the molecule is O=C(c1ccc(C(F)(F)F)cc1)N1CCN(C(=O)c2cc[n+]([O-])cc2)CC1. The van der Waals surface area contributed by atoms with Gasteiger partial charge in [-0.05, 0) is 24.3 Å². The zero-order chi connectivity index (χ0) is 19.6.